The Bertz CT molecular complexity index is 134. The van der Waals surface area contributed by atoms with Crippen molar-refractivity contribution in [3.05, 3.63) is 0 Å². The molecule has 0 aromatic heterocycles. The predicted molar refractivity (Wildman–Crippen MR) is 38.8 cm³/mol. The van der Waals surface area contributed by atoms with Gasteiger partial charge in [-0.15, -0.1) is 0 Å². The van der Waals surface area contributed by atoms with E-state index < -0.39 is 0 Å². The van der Waals surface area contributed by atoms with Gasteiger partial charge in [-0.3, -0.25) is 0 Å². The third kappa shape index (κ3) is 1.90. The lowest BCUT2D eigenvalue weighted by Gasteiger charge is -2.20. The molecule has 1 heterocycles. The van der Waals surface area contributed by atoms with Gasteiger partial charge in [-0.05, 0) is 6.42 Å². The summed E-state index contributed by atoms with van der Waals surface area (Å²) in [6.45, 7) is 4.54. The van der Waals surface area contributed by atoms with Gasteiger partial charge in [0.05, 0.1) is 0 Å². The quantitative estimate of drug-likeness (QED) is 0.587. The SMILES string of the molecule is CCCC1CON=C(C)O1. The molecule has 1 unspecified atom stereocenters. The van der Waals surface area contributed by atoms with Crippen LogP contribution in [0.2, 0.25) is 0 Å². The first-order chi connectivity index (χ1) is 4.83. The molecule has 0 aromatic carbocycles. The molecule has 0 fully saturated rings. The van der Waals surface area contributed by atoms with Gasteiger partial charge in [0.1, 0.15) is 6.10 Å². The molecule has 3 heteroatoms. The van der Waals surface area contributed by atoms with E-state index in [-0.39, 0.29) is 6.10 Å². The average Bonchev–Trinajstić information content (AvgIpc) is 1.88. The zero-order valence-corrected chi connectivity index (χ0v) is 6.46. The Morgan fingerprint density at radius 3 is 3.10 bits per heavy atom. The first-order valence-corrected chi connectivity index (χ1v) is 3.66. The second kappa shape index (κ2) is 3.44. The van der Waals surface area contributed by atoms with E-state index in [0.717, 1.165) is 12.8 Å². The number of rotatable bonds is 2. The zero-order chi connectivity index (χ0) is 7.40. The van der Waals surface area contributed by atoms with Gasteiger partial charge < -0.3 is 9.57 Å². The van der Waals surface area contributed by atoms with Gasteiger partial charge in [0, 0.05) is 6.92 Å². The van der Waals surface area contributed by atoms with E-state index in [0.29, 0.717) is 12.5 Å². The van der Waals surface area contributed by atoms with Crippen LogP contribution in [0, 0.1) is 0 Å². The molecule has 58 valence electrons. The minimum atomic E-state index is 0.225. The van der Waals surface area contributed by atoms with Crippen molar-refractivity contribution in [2.24, 2.45) is 5.16 Å². The minimum absolute atomic E-state index is 0.225. The molecular weight excluding hydrogens is 130 g/mol. The minimum Gasteiger partial charge on any atom is -0.472 e. The van der Waals surface area contributed by atoms with E-state index in [1.807, 2.05) is 6.92 Å². The summed E-state index contributed by atoms with van der Waals surface area (Å²) in [5, 5.41) is 3.66. The Hall–Kier alpha value is -0.730. The molecular formula is C7H13NO2. The molecule has 1 rings (SSSR count). The summed E-state index contributed by atoms with van der Waals surface area (Å²) in [6, 6.07) is 0. The van der Waals surface area contributed by atoms with Gasteiger partial charge in [-0.1, -0.05) is 18.5 Å². The Morgan fingerprint density at radius 1 is 1.70 bits per heavy atom. The molecule has 0 spiro atoms. The number of ether oxygens (including phenoxy) is 1. The highest BCUT2D eigenvalue weighted by Gasteiger charge is 2.14. The van der Waals surface area contributed by atoms with E-state index in [9.17, 15) is 0 Å². The Balaban J connectivity index is 2.30. The molecule has 1 aliphatic heterocycles. The molecule has 1 aliphatic rings. The predicted octanol–water partition coefficient (Wildman–Crippen LogP) is 1.54. The summed E-state index contributed by atoms with van der Waals surface area (Å²) in [7, 11) is 0. The molecule has 0 aliphatic carbocycles. The fourth-order valence-corrected chi connectivity index (χ4v) is 0.972. The largest absolute Gasteiger partial charge is 0.472 e. The fraction of sp³-hybridized carbons (Fsp3) is 0.857. The average molecular weight is 143 g/mol. The van der Waals surface area contributed by atoms with Crippen LogP contribution < -0.4 is 0 Å². The molecule has 0 saturated carbocycles. The Morgan fingerprint density at radius 2 is 2.50 bits per heavy atom. The van der Waals surface area contributed by atoms with Crippen molar-refractivity contribution >= 4 is 5.90 Å². The standard InChI is InChI=1S/C7H13NO2/c1-3-4-7-5-9-8-6(2)10-7/h7H,3-5H2,1-2H3. The van der Waals surface area contributed by atoms with Crippen LogP contribution in [0.4, 0.5) is 0 Å². The van der Waals surface area contributed by atoms with E-state index in [1.165, 1.54) is 0 Å². The smallest absolute Gasteiger partial charge is 0.222 e. The lowest BCUT2D eigenvalue weighted by Crippen LogP contribution is -2.25. The van der Waals surface area contributed by atoms with Crippen LogP contribution in [0.15, 0.2) is 5.16 Å². The number of oxime groups is 1. The molecule has 0 aromatic rings. The number of nitrogens with zero attached hydrogens (tertiary/aromatic N) is 1. The van der Waals surface area contributed by atoms with Gasteiger partial charge in [0.25, 0.3) is 0 Å². The summed E-state index contributed by atoms with van der Waals surface area (Å²) in [5.74, 6) is 0.643. The molecule has 0 saturated heterocycles. The monoisotopic (exact) mass is 143 g/mol. The summed E-state index contributed by atoms with van der Waals surface area (Å²) >= 11 is 0. The van der Waals surface area contributed by atoms with Crippen LogP contribution in [0.1, 0.15) is 26.7 Å². The summed E-state index contributed by atoms with van der Waals surface area (Å²) < 4.78 is 5.35. The van der Waals surface area contributed by atoms with Crippen molar-refractivity contribution in [1.82, 2.24) is 0 Å². The third-order valence-electron chi connectivity index (χ3n) is 1.40. The van der Waals surface area contributed by atoms with Crippen molar-refractivity contribution in [3.8, 4) is 0 Å². The van der Waals surface area contributed by atoms with E-state index in [1.54, 1.807) is 0 Å². The van der Waals surface area contributed by atoms with Crippen molar-refractivity contribution in [2.75, 3.05) is 6.61 Å². The normalized spacial score (nSPS) is 24.6. The molecule has 0 bridgehead atoms. The molecule has 0 radical (unpaired) electrons. The number of hydrogen-bond donors (Lipinski definition) is 0. The fourth-order valence-electron chi connectivity index (χ4n) is 0.972. The molecule has 0 N–H and O–H groups in total. The van der Waals surface area contributed by atoms with Gasteiger partial charge >= 0.3 is 0 Å². The highest BCUT2D eigenvalue weighted by Crippen LogP contribution is 2.08. The van der Waals surface area contributed by atoms with Gasteiger partial charge in [-0.2, -0.15) is 0 Å². The number of hydrogen-bond acceptors (Lipinski definition) is 3. The third-order valence-corrected chi connectivity index (χ3v) is 1.40. The molecule has 10 heavy (non-hydrogen) atoms. The van der Waals surface area contributed by atoms with Crippen molar-refractivity contribution in [2.45, 2.75) is 32.8 Å². The highest BCUT2D eigenvalue weighted by atomic mass is 16.7. The molecule has 1 atom stereocenters. The maximum atomic E-state index is 5.35. The van der Waals surface area contributed by atoms with Crippen LogP contribution in [0.5, 0.6) is 0 Å². The topological polar surface area (TPSA) is 30.8 Å². The zero-order valence-electron chi connectivity index (χ0n) is 6.46. The lowest BCUT2D eigenvalue weighted by molar-refractivity contribution is 0.00506. The first-order valence-electron chi connectivity index (χ1n) is 3.66. The second-order valence-electron chi connectivity index (χ2n) is 2.43. The van der Waals surface area contributed by atoms with E-state index >= 15 is 0 Å². The molecule has 0 amide bonds. The van der Waals surface area contributed by atoms with E-state index in [4.69, 9.17) is 9.57 Å². The van der Waals surface area contributed by atoms with Crippen LogP contribution >= 0.6 is 0 Å². The Labute approximate surface area is 61.0 Å². The summed E-state index contributed by atoms with van der Waals surface area (Å²) in [6.07, 6.45) is 2.40. The van der Waals surface area contributed by atoms with Crippen molar-refractivity contribution in [1.29, 1.82) is 0 Å². The van der Waals surface area contributed by atoms with Crippen LogP contribution in [-0.4, -0.2) is 18.6 Å². The van der Waals surface area contributed by atoms with Crippen LogP contribution in [-0.2, 0) is 9.57 Å². The van der Waals surface area contributed by atoms with Crippen molar-refractivity contribution in [3.63, 3.8) is 0 Å². The molecule has 3 nitrogen and oxygen atoms in total. The van der Waals surface area contributed by atoms with E-state index in [2.05, 4.69) is 12.1 Å². The Kier molecular flexibility index (Phi) is 2.54. The van der Waals surface area contributed by atoms with Crippen LogP contribution in [0.25, 0.3) is 0 Å². The summed E-state index contributed by atoms with van der Waals surface area (Å²) in [5.41, 5.74) is 0. The van der Waals surface area contributed by atoms with Gasteiger partial charge in [0.2, 0.25) is 5.90 Å². The lowest BCUT2D eigenvalue weighted by atomic mass is 10.2. The first kappa shape index (κ1) is 7.38. The van der Waals surface area contributed by atoms with Gasteiger partial charge in [0.15, 0.2) is 6.61 Å². The van der Waals surface area contributed by atoms with Crippen LogP contribution in [0.3, 0.4) is 0 Å². The second-order valence-corrected chi connectivity index (χ2v) is 2.43. The maximum Gasteiger partial charge on any atom is 0.222 e. The summed E-state index contributed by atoms with van der Waals surface area (Å²) in [4.78, 5) is 4.91. The highest BCUT2D eigenvalue weighted by molar-refractivity contribution is 5.72. The maximum absolute atomic E-state index is 5.35. The van der Waals surface area contributed by atoms with Gasteiger partial charge in [-0.25, -0.2) is 0 Å². The van der Waals surface area contributed by atoms with Crippen molar-refractivity contribution < 1.29 is 9.57 Å².